The molecule has 2 amide bonds. The molecule has 0 spiro atoms. The second kappa shape index (κ2) is 6.49. The molecule has 0 aliphatic rings. The number of anilines is 1. The predicted octanol–water partition coefficient (Wildman–Crippen LogP) is 4.64. The molecule has 0 aliphatic carbocycles. The topological polar surface area (TPSA) is 54.3 Å². The van der Waals surface area contributed by atoms with E-state index in [1.54, 1.807) is 17.6 Å². The molecule has 2 N–H and O–H groups in total. The summed E-state index contributed by atoms with van der Waals surface area (Å²) in [5.74, 6) is 0.840. The molecule has 0 unspecified atom stereocenters. The second-order valence-electron chi connectivity index (χ2n) is 4.90. The van der Waals surface area contributed by atoms with E-state index in [0.29, 0.717) is 6.54 Å². The second-order valence-corrected chi connectivity index (χ2v) is 5.90. The van der Waals surface area contributed by atoms with Gasteiger partial charge >= 0.3 is 6.03 Å². The largest absolute Gasteiger partial charge is 0.464 e. The third kappa shape index (κ3) is 3.38. The normalized spacial score (nSPS) is 10.4. The van der Waals surface area contributed by atoms with Gasteiger partial charge in [-0.2, -0.15) is 0 Å². The number of hydrogen-bond donors (Lipinski definition) is 2. The Morgan fingerprint density at radius 3 is 2.86 bits per heavy atom. The Bertz CT molecular complexity index is 763. The van der Waals surface area contributed by atoms with Gasteiger partial charge in [-0.15, -0.1) is 11.3 Å². The zero-order valence-corrected chi connectivity index (χ0v) is 12.9. The molecule has 4 nitrogen and oxygen atoms in total. The van der Waals surface area contributed by atoms with Crippen LogP contribution in [0.2, 0.25) is 0 Å². The van der Waals surface area contributed by atoms with Gasteiger partial charge in [-0.05, 0) is 36.8 Å². The van der Waals surface area contributed by atoms with E-state index < -0.39 is 0 Å². The molecule has 3 aromatic rings. The minimum absolute atomic E-state index is 0.206. The lowest BCUT2D eigenvalue weighted by molar-refractivity contribution is 0.252. The number of para-hydroxylation sites is 1. The first-order valence-electron chi connectivity index (χ1n) is 6.94. The number of hydrogen-bond acceptors (Lipinski definition) is 3. The molecule has 0 aliphatic heterocycles. The van der Waals surface area contributed by atoms with Crippen LogP contribution in [-0.2, 0) is 6.54 Å². The maximum absolute atomic E-state index is 11.9. The van der Waals surface area contributed by atoms with Gasteiger partial charge in [-0.25, -0.2) is 4.79 Å². The smallest absolute Gasteiger partial charge is 0.319 e. The third-order valence-corrected chi connectivity index (χ3v) is 4.21. The average Bonchev–Trinajstić information content (AvgIpc) is 3.18. The molecule has 0 bridgehead atoms. The van der Waals surface area contributed by atoms with E-state index >= 15 is 0 Å². The van der Waals surface area contributed by atoms with Crippen LogP contribution in [0.25, 0.3) is 11.3 Å². The van der Waals surface area contributed by atoms with Crippen LogP contribution in [-0.4, -0.2) is 6.03 Å². The highest BCUT2D eigenvalue weighted by Crippen LogP contribution is 2.25. The van der Waals surface area contributed by atoms with Gasteiger partial charge in [0.05, 0.1) is 12.8 Å². The number of benzene rings is 1. The number of thiophene rings is 1. The molecule has 0 radical (unpaired) electrons. The van der Waals surface area contributed by atoms with Crippen molar-refractivity contribution in [1.29, 1.82) is 0 Å². The lowest BCUT2D eigenvalue weighted by Gasteiger charge is -2.08. The van der Waals surface area contributed by atoms with Crippen LogP contribution < -0.4 is 10.6 Å². The van der Waals surface area contributed by atoms with Gasteiger partial charge in [0.25, 0.3) is 0 Å². The first-order chi connectivity index (χ1) is 10.7. The quantitative estimate of drug-likeness (QED) is 0.737. The van der Waals surface area contributed by atoms with Crippen LogP contribution >= 0.6 is 11.3 Å². The highest BCUT2D eigenvalue weighted by molar-refractivity contribution is 7.10. The van der Waals surface area contributed by atoms with Crippen molar-refractivity contribution in [3.63, 3.8) is 0 Å². The Hall–Kier alpha value is -2.53. The summed E-state index contributed by atoms with van der Waals surface area (Å²) in [6.07, 6.45) is 1.65. The Morgan fingerprint density at radius 2 is 2.09 bits per heavy atom. The zero-order valence-electron chi connectivity index (χ0n) is 12.1. The molecule has 112 valence electrons. The highest BCUT2D eigenvalue weighted by Gasteiger charge is 2.07. The van der Waals surface area contributed by atoms with Crippen molar-refractivity contribution in [3.8, 4) is 11.3 Å². The Kier molecular flexibility index (Phi) is 4.25. The van der Waals surface area contributed by atoms with E-state index in [0.717, 1.165) is 27.5 Å². The van der Waals surface area contributed by atoms with Crippen LogP contribution in [0.15, 0.2) is 58.5 Å². The van der Waals surface area contributed by atoms with Crippen LogP contribution in [0, 0.1) is 6.92 Å². The van der Waals surface area contributed by atoms with Crippen molar-refractivity contribution in [2.75, 3.05) is 5.32 Å². The van der Waals surface area contributed by atoms with E-state index in [-0.39, 0.29) is 6.03 Å². The average molecular weight is 312 g/mol. The van der Waals surface area contributed by atoms with Crippen molar-refractivity contribution >= 4 is 23.1 Å². The molecule has 2 aromatic heterocycles. The van der Waals surface area contributed by atoms with Gasteiger partial charge in [-0.3, -0.25) is 0 Å². The van der Waals surface area contributed by atoms with Crippen molar-refractivity contribution in [2.45, 2.75) is 13.5 Å². The molecule has 5 heteroatoms. The standard InChI is InChI=1S/C17H16N2O2S/c1-12-5-2-3-6-15(12)19-17(20)18-10-14-9-13(11-22-14)16-7-4-8-21-16/h2-9,11H,10H2,1H3,(H2,18,19,20). The Morgan fingerprint density at radius 1 is 1.23 bits per heavy atom. The number of nitrogens with one attached hydrogen (secondary N) is 2. The molecule has 0 fully saturated rings. The first kappa shape index (κ1) is 14.4. The van der Waals surface area contributed by atoms with Gasteiger partial charge < -0.3 is 15.1 Å². The highest BCUT2D eigenvalue weighted by atomic mass is 32.1. The van der Waals surface area contributed by atoms with Gasteiger partial charge in [0.15, 0.2) is 0 Å². The number of carbonyl (C=O) groups is 1. The van der Waals surface area contributed by atoms with Crippen LogP contribution in [0.1, 0.15) is 10.4 Å². The van der Waals surface area contributed by atoms with Gasteiger partial charge in [-0.1, -0.05) is 18.2 Å². The van der Waals surface area contributed by atoms with Gasteiger partial charge in [0.2, 0.25) is 0 Å². The van der Waals surface area contributed by atoms with Crippen molar-refractivity contribution in [2.24, 2.45) is 0 Å². The fraction of sp³-hybridized carbons (Fsp3) is 0.118. The predicted molar refractivity (Wildman–Crippen MR) is 89.1 cm³/mol. The number of amides is 2. The lowest BCUT2D eigenvalue weighted by atomic mass is 10.2. The van der Waals surface area contributed by atoms with Crippen LogP contribution in [0.4, 0.5) is 10.5 Å². The number of furan rings is 1. The third-order valence-electron chi connectivity index (χ3n) is 3.28. The van der Waals surface area contributed by atoms with Crippen LogP contribution in [0.5, 0.6) is 0 Å². The number of rotatable bonds is 4. The van der Waals surface area contributed by atoms with E-state index in [2.05, 4.69) is 10.6 Å². The number of aryl methyl sites for hydroxylation is 1. The summed E-state index contributed by atoms with van der Waals surface area (Å²) in [6.45, 7) is 2.45. The van der Waals surface area contributed by atoms with Gasteiger partial charge in [0.1, 0.15) is 5.76 Å². The molecule has 0 saturated carbocycles. The zero-order chi connectivity index (χ0) is 15.4. The first-order valence-corrected chi connectivity index (χ1v) is 7.82. The van der Waals surface area contributed by atoms with Gasteiger partial charge in [0, 0.05) is 21.5 Å². The fourth-order valence-corrected chi connectivity index (χ4v) is 2.91. The van der Waals surface area contributed by atoms with Crippen LogP contribution in [0.3, 0.4) is 0 Å². The molecule has 1 aromatic carbocycles. The molecule has 0 saturated heterocycles. The summed E-state index contributed by atoms with van der Waals surface area (Å²) in [7, 11) is 0. The summed E-state index contributed by atoms with van der Waals surface area (Å²) in [4.78, 5) is 13.0. The van der Waals surface area contributed by atoms with E-state index in [4.69, 9.17) is 4.42 Å². The minimum atomic E-state index is -0.206. The van der Waals surface area contributed by atoms with E-state index in [1.165, 1.54) is 0 Å². The summed E-state index contributed by atoms with van der Waals surface area (Å²) < 4.78 is 5.36. The van der Waals surface area contributed by atoms with E-state index in [1.807, 2.05) is 54.8 Å². The molecule has 22 heavy (non-hydrogen) atoms. The Balaban J connectivity index is 1.56. The fourth-order valence-electron chi connectivity index (χ4n) is 2.09. The molecular weight excluding hydrogens is 296 g/mol. The Labute approximate surface area is 132 Å². The number of carbonyl (C=O) groups excluding carboxylic acids is 1. The lowest BCUT2D eigenvalue weighted by Crippen LogP contribution is -2.28. The minimum Gasteiger partial charge on any atom is -0.464 e. The summed E-state index contributed by atoms with van der Waals surface area (Å²) in [5.41, 5.74) is 2.89. The summed E-state index contributed by atoms with van der Waals surface area (Å²) in [6, 6.07) is 13.3. The summed E-state index contributed by atoms with van der Waals surface area (Å²) >= 11 is 1.60. The summed E-state index contributed by atoms with van der Waals surface area (Å²) in [5, 5.41) is 7.74. The molecule has 2 heterocycles. The monoisotopic (exact) mass is 312 g/mol. The van der Waals surface area contributed by atoms with E-state index in [9.17, 15) is 4.79 Å². The SMILES string of the molecule is Cc1ccccc1NC(=O)NCc1cc(-c2ccco2)cs1. The molecule has 0 atom stereocenters. The maximum atomic E-state index is 11.9. The van der Waals surface area contributed by atoms with Crippen molar-refractivity contribution in [1.82, 2.24) is 5.32 Å². The van der Waals surface area contributed by atoms with Crippen molar-refractivity contribution < 1.29 is 9.21 Å². The number of urea groups is 1. The maximum Gasteiger partial charge on any atom is 0.319 e. The molecule has 3 rings (SSSR count). The van der Waals surface area contributed by atoms with Crippen molar-refractivity contribution in [3.05, 3.63) is 64.5 Å². The molecular formula is C17H16N2O2S.